The molecule has 2 aromatic rings. The van der Waals surface area contributed by atoms with Crippen molar-refractivity contribution in [2.75, 3.05) is 26.2 Å². The molecule has 3 rings (SSSR count). The third-order valence-electron chi connectivity index (χ3n) is 11.8. The number of rotatable bonds is 29. The Morgan fingerprint density at radius 2 is 1.26 bits per heavy atom. The van der Waals surface area contributed by atoms with E-state index >= 15 is 0 Å². The molecular formula is C48H72N12O14. The zero-order chi connectivity index (χ0) is 55.2. The Morgan fingerprint density at radius 1 is 0.703 bits per heavy atom. The van der Waals surface area contributed by atoms with Crippen molar-refractivity contribution in [2.45, 2.75) is 133 Å². The Bertz CT molecular complexity index is 2260. The second-order valence-corrected chi connectivity index (χ2v) is 18.4. The van der Waals surface area contributed by atoms with Gasteiger partial charge < -0.3 is 84.9 Å². The number of aliphatic hydroxyl groups is 3. The highest BCUT2D eigenvalue weighted by Gasteiger charge is 2.41. The van der Waals surface area contributed by atoms with E-state index in [0.29, 0.717) is 17.5 Å². The molecule has 18 N–H and O–H groups in total. The number of likely N-dealkylation sites (tertiary alicyclic amines) is 1. The predicted octanol–water partition coefficient (Wildman–Crippen LogP) is -4.54. The van der Waals surface area contributed by atoms with Crippen molar-refractivity contribution in [3.63, 3.8) is 0 Å². The van der Waals surface area contributed by atoms with Crippen LogP contribution < -0.4 is 54.4 Å². The molecule has 0 bridgehead atoms. The van der Waals surface area contributed by atoms with Crippen LogP contribution >= 0.6 is 0 Å². The van der Waals surface area contributed by atoms with E-state index in [1.54, 1.807) is 44.2 Å². The molecule has 2 aromatic carbocycles. The quantitative estimate of drug-likeness (QED) is 0.0207. The highest BCUT2D eigenvalue weighted by molar-refractivity contribution is 5.98. The van der Waals surface area contributed by atoms with Gasteiger partial charge in [0.05, 0.1) is 31.4 Å². The first kappa shape index (κ1) is 60.9. The van der Waals surface area contributed by atoms with Crippen molar-refractivity contribution >= 4 is 59.2 Å². The van der Waals surface area contributed by atoms with Gasteiger partial charge in [-0.15, -0.1) is 0 Å². The molecule has 0 spiro atoms. The number of carbonyl (C=O) groups excluding carboxylic acids is 8. The maximum Gasteiger partial charge on any atom is 0.326 e. The first-order valence-corrected chi connectivity index (χ1v) is 24.1. The van der Waals surface area contributed by atoms with Crippen LogP contribution in [-0.4, -0.2) is 176 Å². The lowest BCUT2D eigenvalue weighted by Gasteiger charge is -2.31. The van der Waals surface area contributed by atoms with Crippen molar-refractivity contribution < 1.29 is 68.7 Å². The topological polar surface area (TPSA) is 433 Å². The molecule has 0 radical (unpaired) electrons. The summed E-state index contributed by atoms with van der Waals surface area (Å²) in [6, 6.07) is 2.41. The molecule has 0 unspecified atom stereocenters. The average Bonchev–Trinajstić information content (AvgIpc) is 3.84. The molecule has 26 nitrogen and oxygen atoms in total. The van der Waals surface area contributed by atoms with Crippen LogP contribution in [0, 0.1) is 5.92 Å². The maximum absolute atomic E-state index is 14.1. The van der Waals surface area contributed by atoms with Gasteiger partial charge in [0.1, 0.15) is 48.0 Å². The normalized spacial score (nSPS) is 16.8. The average molecular weight is 1040 g/mol. The number of carboxylic acid groups (broad SMARTS) is 1. The molecule has 1 aliphatic rings. The summed E-state index contributed by atoms with van der Waals surface area (Å²) in [7, 11) is 0. The lowest BCUT2D eigenvalue weighted by molar-refractivity contribution is -0.144. The Balaban J connectivity index is 1.77. The highest BCUT2D eigenvalue weighted by atomic mass is 16.4. The van der Waals surface area contributed by atoms with E-state index in [1.165, 1.54) is 38.1 Å². The summed E-state index contributed by atoms with van der Waals surface area (Å²) in [5, 5.41) is 68.0. The number of hydrogen-bond donors (Lipinski definition) is 15. The minimum absolute atomic E-state index is 0.0433. The number of nitrogens with zero attached hydrogens (tertiary/aromatic N) is 2. The molecule has 74 heavy (non-hydrogen) atoms. The van der Waals surface area contributed by atoms with Crippen molar-refractivity contribution in [2.24, 2.45) is 28.1 Å². The molecule has 10 atom stereocenters. The van der Waals surface area contributed by atoms with Gasteiger partial charge in [0.2, 0.25) is 47.3 Å². The minimum atomic E-state index is -1.73. The zero-order valence-corrected chi connectivity index (χ0v) is 41.9. The van der Waals surface area contributed by atoms with E-state index in [9.17, 15) is 68.7 Å². The number of phenols is 1. The smallest absolute Gasteiger partial charge is 0.326 e. The first-order valence-electron chi connectivity index (χ1n) is 24.1. The van der Waals surface area contributed by atoms with Gasteiger partial charge in [-0.3, -0.25) is 43.3 Å². The summed E-state index contributed by atoms with van der Waals surface area (Å²) in [5.74, 6) is -8.94. The van der Waals surface area contributed by atoms with E-state index in [4.69, 9.17) is 17.2 Å². The van der Waals surface area contributed by atoms with Crippen LogP contribution in [0.4, 0.5) is 0 Å². The monoisotopic (exact) mass is 1040 g/mol. The van der Waals surface area contributed by atoms with E-state index in [-0.39, 0.29) is 69.2 Å². The molecule has 408 valence electrons. The second-order valence-electron chi connectivity index (χ2n) is 18.4. The number of hydrogen-bond acceptors (Lipinski definition) is 15. The number of phenolic OH excluding ortho intramolecular Hbond substituents is 1. The van der Waals surface area contributed by atoms with Gasteiger partial charge in [0, 0.05) is 25.9 Å². The standard InChI is InChI=1S/C48H72N12O14/c1-25(2)20-34(47(73)74)54-37(65)23-53-41(67)32(22-29-14-16-30(64)17-15-29)55-45(71)39(27(4)63)59-43(69)36-13-9-19-60(36)46(72)35(24-61)57-42(68)33(21-28-10-6-5-7-11-28)56-44(70)38(26(3)62)58-40(66)31(49)12-8-18-52-48(50)51/h5-7,10-11,14-17,25-27,31-36,38-39,61-64H,8-9,12-13,18-24,49H2,1-4H3,(H,53,67)(H,54,65)(H,55,71)(H,56,70)(H,57,68)(H,58,66)(H,59,69)(H,73,74)(H4,50,51,52)/t26-,27-,31+,32+,33+,34+,35+,36+,38+,39+/m1/s1. The molecule has 8 amide bonds. The van der Waals surface area contributed by atoms with Crippen LogP contribution in [0.5, 0.6) is 5.75 Å². The SMILES string of the molecule is CC(C)C[C@H](NC(=O)CNC(=O)[C@H](Cc1ccc(O)cc1)NC(=O)[C@@H](NC(=O)[C@@H]1CCCN1C(=O)[C@H](CO)NC(=O)[C@H](Cc1ccccc1)NC(=O)[C@@H](NC(=O)[C@@H](N)CCCN=C(N)N)[C@@H](C)O)[C@@H](C)O)C(=O)O. The van der Waals surface area contributed by atoms with Gasteiger partial charge in [-0.25, -0.2) is 4.79 Å². The molecule has 0 saturated carbocycles. The molecule has 26 heteroatoms. The fraction of sp³-hybridized carbons (Fsp3) is 0.542. The zero-order valence-electron chi connectivity index (χ0n) is 41.9. The molecule has 1 aliphatic heterocycles. The van der Waals surface area contributed by atoms with Crippen LogP contribution in [0.25, 0.3) is 0 Å². The summed E-state index contributed by atoms with van der Waals surface area (Å²) < 4.78 is 0. The van der Waals surface area contributed by atoms with Gasteiger partial charge in [0.25, 0.3) is 0 Å². The lowest BCUT2D eigenvalue weighted by atomic mass is 10.0. The van der Waals surface area contributed by atoms with Crippen LogP contribution in [0.15, 0.2) is 59.6 Å². The van der Waals surface area contributed by atoms with Crippen molar-refractivity contribution in [3.05, 3.63) is 65.7 Å². The summed E-state index contributed by atoms with van der Waals surface area (Å²) >= 11 is 0. The van der Waals surface area contributed by atoms with E-state index in [1.807, 2.05) is 0 Å². The first-order chi connectivity index (χ1) is 34.9. The minimum Gasteiger partial charge on any atom is -0.508 e. The number of carbonyl (C=O) groups is 9. The van der Waals surface area contributed by atoms with Crippen LogP contribution in [0.1, 0.15) is 70.9 Å². The van der Waals surface area contributed by atoms with E-state index in [0.717, 1.165) is 4.90 Å². The Hall–Kier alpha value is -7.42. The summed E-state index contributed by atoms with van der Waals surface area (Å²) in [5.41, 5.74) is 17.6. The number of aliphatic imine (C=N–C) groups is 1. The number of nitrogens with one attached hydrogen (secondary N) is 7. The largest absolute Gasteiger partial charge is 0.508 e. The van der Waals surface area contributed by atoms with Gasteiger partial charge in [0.15, 0.2) is 5.96 Å². The molecule has 0 aliphatic carbocycles. The Morgan fingerprint density at radius 3 is 1.80 bits per heavy atom. The van der Waals surface area contributed by atoms with Crippen LogP contribution in [0.3, 0.4) is 0 Å². The predicted molar refractivity (Wildman–Crippen MR) is 267 cm³/mol. The highest BCUT2D eigenvalue weighted by Crippen LogP contribution is 2.20. The van der Waals surface area contributed by atoms with E-state index in [2.05, 4.69) is 42.2 Å². The molecule has 0 aromatic heterocycles. The molecular weight excluding hydrogens is 969 g/mol. The number of aromatic hydroxyl groups is 1. The third-order valence-corrected chi connectivity index (χ3v) is 11.8. The summed E-state index contributed by atoms with van der Waals surface area (Å²) in [4.78, 5) is 125. The molecule has 1 heterocycles. The van der Waals surface area contributed by atoms with Crippen molar-refractivity contribution in [1.82, 2.24) is 42.1 Å². The lowest BCUT2D eigenvalue weighted by Crippen LogP contribution is -2.62. The van der Waals surface area contributed by atoms with Crippen LogP contribution in [0.2, 0.25) is 0 Å². The van der Waals surface area contributed by atoms with Crippen molar-refractivity contribution in [1.29, 1.82) is 0 Å². The molecule has 1 saturated heterocycles. The second kappa shape index (κ2) is 29.9. The number of amides is 8. The number of carboxylic acids is 1. The summed E-state index contributed by atoms with van der Waals surface area (Å²) in [6.45, 7) is 4.44. The number of aliphatic hydroxyl groups excluding tert-OH is 3. The van der Waals surface area contributed by atoms with Gasteiger partial charge >= 0.3 is 5.97 Å². The number of benzene rings is 2. The van der Waals surface area contributed by atoms with Gasteiger partial charge in [-0.05, 0) is 75.1 Å². The van der Waals surface area contributed by atoms with E-state index < -0.39 is 127 Å². The Labute approximate surface area is 428 Å². The van der Waals surface area contributed by atoms with Crippen LogP contribution in [-0.2, 0) is 56.0 Å². The number of guanidine groups is 1. The summed E-state index contributed by atoms with van der Waals surface area (Å²) in [6.07, 6.45) is -2.59. The van der Waals surface area contributed by atoms with Gasteiger partial charge in [-0.2, -0.15) is 0 Å². The molecule has 1 fully saturated rings. The number of nitrogens with two attached hydrogens (primary N) is 3. The Kier molecular flexibility index (Phi) is 24.6. The third kappa shape index (κ3) is 19.9. The maximum atomic E-state index is 14.1. The fourth-order valence-corrected chi connectivity index (χ4v) is 7.82. The number of aliphatic carboxylic acids is 1. The fourth-order valence-electron chi connectivity index (χ4n) is 7.82. The van der Waals surface area contributed by atoms with Gasteiger partial charge in [-0.1, -0.05) is 56.3 Å². The van der Waals surface area contributed by atoms with Crippen molar-refractivity contribution in [3.8, 4) is 5.75 Å².